The van der Waals surface area contributed by atoms with E-state index in [2.05, 4.69) is 62.3 Å². The van der Waals surface area contributed by atoms with Crippen molar-refractivity contribution in [1.82, 2.24) is 0 Å². The van der Waals surface area contributed by atoms with Crippen molar-refractivity contribution in [1.29, 1.82) is 0 Å². The van der Waals surface area contributed by atoms with Gasteiger partial charge in [-0.25, -0.2) is 0 Å². The van der Waals surface area contributed by atoms with Gasteiger partial charge in [-0.15, -0.1) is 0 Å². The zero-order valence-corrected chi connectivity index (χ0v) is 18.8. The standard InChI is InChI=1S/C21H45OSi/c1-10-13-16-19(4,5)23(22,20(6,7)17-14-11-2)21(8,9)18-15-12-3/h10-18H2,1-9H3. The van der Waals surface area contributed by atoms with Gasteiger partial charge in [-0.1, -0.05) is 101 Å². The van der Waals surface area contributed by atoms with Gasteiger partial charge in [0.15, 0.2) is 0 Å². The Kier molecular flexibility index (Phi) is 9.11. The monoisotopic (exact) mass is 341 g/mol. The first-order valence-corrected chi connectivity index (χ1v) is 12.0. The second-order valence-electron chi connectivity index (χ2n) is 9.64. The minimum Gasteiger partial charge on any atom is -0.296 e. The molecule has 1 radical (unpaired) electrons. The molecule has 139 valence electrons. The van der Waals surface area contributed by atoms with Gasteiger partial charge >= 0.3 is 0 Å². The Morgan fingerprint density at radius 2 is 0.783 bits per heavy atom. The molecule has 0 unspecified atom stereocenters. The van der Waals surface area contributed by atoms with Crippen LogP contribution in [0.5, 0.6) is 0 Å². The van der Waals surface area contributed by atoms with Crippen molar-refractivity contribution in [2.45, 2.75) is 135 Å². The third-order valence-corrected chi connectivity index (χ3v) is 12.8. The molecule has 0 saturated heterocycles. The lowest BCUT2D eigenvalue weighted by molar-refractivity contribution is 0.256. The van der Waals surface area contributed by atoms with Crippen LogP contribution in [0, 0.1) is 0 Å². The van der Waals surface area contributed by atoms with Crippen LogP contribution in [0.15, 0.2) is 0 Å². The molecule has 0 heterocycles. The molecule has 0 aromatic carbocycles. The molecule has 0 aliphatic heterocycles. The van der Waals surface area contributed by atoms with Crippen LogP contribution in [0.1, 0.15) is 120 Å². The highest BCUT2D eigenvalue weighted by Crippen LogP contribution is 2.65. The van der Waals surface area contributed by atoms with E-state index < -0.39 is 8.32 Å². The minimum absolute atomic E-state index is 0.0442. The maximum atomic E-state index is 14.8. The minimum atomic E-state index is -2.79. The summed E-state index contributed by atoms with van der Waals surface area (Å²) in [5.74, 6) is 0. The summed E-state index contributed by atoms with van der Waals surface area (Å²) in [6.07, 6.45) is 10.5. The van der Waals surface area contributed by atoms with E-state index in [1.54, 1.807) is 0 Å². The van der Waals surface area contributed by atoms with Gasteiger partial charge in [0.25, 0.3) is 8.32 Å². The fourth-order valence-corrected chi connectivity index (χ4v) is 12.2. The summed E-state index contributed by atoms with van der Waals surface area (Å²) < 4.78 is 0. The largest absolute Gasteiger partial charge is 0.296 e. The second-order valence-corrected chi connectivity index (χ2v) is 15.1. The zero-order valence-electron chi connectivity index (χ0n) is 17.8. The molecule has 0 atom stereocenters. The van der Waals surface area contributed by atoms with E-state index in [1.165, 1.54) is 38.5 Å². The lowest BCUT2D eigenvalue weighted by Gasteiger charge is -2.56. The molecule has 0 bridgehead atoms. The van der Waals surface area contributed by atoms with Crippen molar-refractivity contribution in [3.63, 3.8) is 0 Å². The summed E-state index contributed by atoms with van der Waals surface area (Å²) in [6.45, 7) is 20.6. The molecule has 0 spiro atoms. The average molecular weight is 342 g/mol. The van der Waals surface area contributed by atoms with Gasteiger partial charge in [-0.05, 0) is 34.4 Å². The Morgan fingerprint density at radius 3 is 0.957 bits per heavy atom. The van der Waals surface area contributed by atoms with E-state index in [1.807, 2.05) is 0 Å². The Labute approximate surface area is 148 Å². The Bertz CT molecular complexity index is 280. The number of rotatable bonds is 12. The topological polar surface area (TPSA) is 19.9 Å². The molecule has 0 aliphatic carbocycles. The molecular weight excluding hydrogens is 296 g/mol. The van der Waals surface area contributed by atoms with Gasteiger partial charge in [-0.3, -0.25) is 4.80 Å². The summed E-state index contributed by atoms with van der Waals surface area (Å²) in [4.78, 5) is 14.8. The molecule has 2 heteroatoms. The normalized spacial score (nSPS) is 14.3. The van der Waals surface area contributed by atoms with Crippen LogP contribution in [-0.2, 0) is 4.80 Å². The first-order chi connectivity index (χ1) is 10.4. The first-order valence-electron chi connectivity index (χ1n) is 10.1. The predicted octanol–water partition coefficient (Wildman–Crippen LogP) is 8.27. The first kappa shape index (κ1) is 23.2. The van der Waals surface area contributed by atoms with Crippen LogP contribution < -0.4 is 0 Å². The maximum absolute atomic E-state index is 14.8. The van der Waals surface area contributed by atoms with Crippen molar-refractivity contribution < 1.29 is 4.80 Å². The van der Waals surface area contributed by atoms with Gasteiger partial charge in [0, 0.05) is 0 Å². The van der Waals surface area contributed by atoms with Crippen molar-refractivity contribution >= 4 is 8.32 Å². The van der Waals surface area contributed by atoms with Crippen LogP contribution in [0.4, 0.5) is 0 Å². The van der Waals surface area contributed by atoms with Crippen molar-refractivity contribution in [3.8, 4) is 0 Å². The summed E-state index contributed by atoms with van der Waals surface area (Å²) in [6, 6.07) is 0. The maximum Gasteiger partial charge on any atom is 0.254 e. The van der Waals surface area contributed by atoms with Gasteiger partial charge < -0.3 is 0 Å². The van der Waals surface area contributed by atoms with Gasteiger partial charge in [0.05, 0.1) is 0 Å². The van der Waals surface area contributed by atoms with E-state index >= 15 is 0 Å². The molecule has 0 aromatic rings. The van der Waals surface area contributed by atoms with Crippen molar-refractivity contribution in [3.05, 3.63) is 0 Å². The average Bonchev–Trinajstić information content (AvgIpc) is 2.47. The van der Waals surface area contributed by atoms with Gasteiger partial charge in [0.2, 0.25) is 0 Å². The third-order valence-electron chi connectivity index (χ3n) is 6.33. The lowest BCUT2D eigenvalue weighted by atomic mass is 10.0. The molecule has 1 nitrogen and oxygen atoms in total. The SMILES string of the molecule is CCCCC(C)(C)[Si]([O])(C(C)(C)CCCC)C(C)(C)CCCC. The molecule has 0 N–H and O–H groups in total. The highest BCUT2D eigenvalue weighted by atomic mass is 28.4. The van der Waals surface area contributed by atoms with Crippen LogP contribution >= 0.6 is 0 Å². The molecule has 0 amide bonds. The van der Waals surface area contributed by atoms with Crippen LogP contribution in [0.3, 0.4) is 0 Å². The van der Waals surface area contributed by atoms with E-state index in [0.29, 0.717) is 0 Å². The quantitative estimate of drug-likeness (QED) is 0.318. The van der Waals surface area contributed by atoms with Gasteiger partial charge in [-0.2, -0.15) is 0 Å². The van der Waals surface area contributed by atoms with E-state index in [0.717, 1.165) is 19.3 Å². The number of hydrogen-bond acceptors (Lipinski definition) is 0. The number of unbranched alkanes of at least 4 members (excludes halogenated alkanes) is 3. The zero-order chi connectivity index (χ0) is 18.4. The lowest BCUT2D eigenvalue weighted by Crippen LogP contribution is -2.60. The molecule has 0 aromatic heterocycles. The fraction of sp³-hybridized carbons (Fsp3) is 1.00. The molecular formula is C21H45OSi. The summed E-state index contributed by atoms with van der Waals surface area (Å²) in [5, 5.41) is -0.132. The molecule has 0 saturated carbocycles. The third kappa shape index (κ3) is 5.08. The smallest absolute Gasteiger partial charge is 0.254 e. The van der Waals surface area contributed by atoms with Crippen molar-refractivity contribution in [2.24, 2.45) is 0 Å². The Morgan fingerprint density at radius 1 is 0.565 bits per heavy atom. The summed E-state index contributed by atoms with van der Waals surface area (Å²) >= 11 is 0. The van der Waals surface area contributed by atoms with E-state index in [-0.39, 0.29) is 15.1 Å². The van der Waals surface area contributed by atoms with Crippen LogP contribution in [0.25, 0.3) is 0 Å². The van der Waals surface area contributed by atoms with Crippen molar-refractivity contribution in [2.75, 3.05) is 0 Å². The molecule has 0 aliphatic rings. The second kappa shape index (κ2) is 9.04. The predicted molar refractivity (Wildman–Crippen MR) is 107 cm³/mol. The Balaban J connectivity index is 5.85. The van der Waals surface area contributed by atoms with E-state index in [4.69, 9.17) is 0 Å². The Hall–Kier alpha value is 0.177. The fourth-order valence-electron chi connectivity index (χ4n) is 5.13. The molecule has 0 rings (SSSR count). The van der Waals surface area contributed by atoms with Gasteiger partial charge in [0.1, 0.15) is 0 Å². The summed E-state index contributed by atoms with van der Waals surface area (Å²) in [7, 11) is -2.79. The number of hydrogen-bond donors (Lipinski definition) is 0. The molecule has 0 fully saturated rings. The highest BCUT2D eigenvalue weighted by Gasteiger charge is 2.65. The van der Waals surface area contributed by atoms with E-state index in [9.17, 15) is 4.80 Å². The van der Waals surface area contributed by atoms with Crippen LogP contribution in [0.2, 0.25) is 15.1 Å². The molecule has 23 heavy (non-hydrogen) atoms. The summed E-state index contributed by atoms with van der Waals surface area (Å²) in [5.41, 5.74) is 0. The van der Waals surface area contributed by atoms with Crippen LogP contribution in [-0.4, -0.2) is 8.32 Å². The highest BCUT2D eigenvalue weighted by molar-refractivity contribution is 6.80.